The number of hydrogen-bond donors (Lipinski definition) is 1. The van der Waals surface area contributed by atoms with Crippen LogP contribution in [0.5, 0.6) is 17.2 Å². The van der Waals surface area contributed by atoms with E-state index in [1.807, 2.05) is 13.0 Å². The Hall–Kier alpha value is -1.77. The summed E-state index contributed by atoms with van der Waals surface area (Å²) >= 11 is 3.31. The molecule has 3 rings (SSSR count). The van der Waals surface area contributed by atoms with E-state index < -0.39 is 16.1 Å². The van der Waals surface area contributed by atoms with E-state index in [9.17, 15) is 8.42 Å². The van der Waals surface area contributed by atoms with Crippen LogP contribution < -0.4 is 18.9 Å². The third kappa shape index (κ3) is 4.13. The van der Waals surface area contributed by atoms with Gasteiger partial charge < -0.3 is 14.2 Å². The molecular formula is C18H20BrNO5S. The van der Waals surface area contributed by atoms with Crippen molar-refractivity contribution < 1.29 is 22.6 Å². The first kappa shape index (κ1) is 19.0. The minimum Gasteiger partial charge on any atom is -0.492 e. The van der Waals surface area contributed by atoms with Gasteiger partial charge in [0.1, 0.15) is 23.9 Å². The predicted molar refractivity (Wildman–Crippen MR) is 101 cm³/mol. The molecule has 1 heterocycles. The van der Waals surface area contributed by atoms with Crippen molar-refractivity contribution in [1.82, 2.24) is 4.72 Å². The molecule has 1 aliphatic rings. The molecule has 0 bridgehead atoms. The molecule has 140 valence electrons. The van der Waals surface area contributed by atoms with Gasteiger partial charge in [0.25, 0.3) is 0 Å². The highest BCUT2D eigenvalue weighted by Gasteiger charge is 2.24. The maximum atomic E-state index is 12.9. The van der Waals surface area contributed by atoms with E-state index in [0.29, 0.717) is 41.5 Å². The molecule has 6 nitrogen and oxygen atoms in total. The Kier molecular flexibility index (Phi) is 5.74. The summed E-state index contributed by atoms with van der Waals surface area (Å²) in [6.07, 6.45) is 0. The molecule has 0 spiro atoms. The van der Waals surface area contributed by atoms with Gasteiger partial charge in [0, 0.05) is 10.5 Å². The average molecular weight is 442 g/mol. The number of ether oxygens (including phenoxy) is 3. The van der Waals surface area contributed by atoms with Crippen LogP contribution in [-0.4, -0.2) is 28.2 Å². The topological polar surface area (TPSA) is 73.9 Å². The Bertz CT molecular complexity index is 900. The molecule has 0 fully saturated rings. The molecule has 26 heavy (non-hydrogen) atoms. The lowest BCUT2D eigenvalue weighted by molar-refractivity contribution is 0.171. The monoisotopic (exact) mass is 441 g/mol. The third-order valence-electron chi connectivity index (χ3n) is 3.89. The molecular weight excluding hydrogens is 422 g/mol. The Morgan fingerprint density at radius 3 is 2.62 bits per heavy atom. The van der Waals surface area contributed by atoms with Crippen LogP contribution in [0, 0.1) is 0 Å². The van der Waals surface area contributed by atoms with Gasteiger partial charge in [-0.3, -0.25) is 0 Å². The molecule has 0 saturated carbocycles. The highest BCUT2D eigenvalue weighted by atomic mass is 79.9. The second-order valence-electron chi connectivity index (χ2n) is 5.77. The number of fused-ring (bicyclic) bond motifs is 1. The maximum Gasteiger partial charge on any atom is 0.244 e. The number of nitrogens with one attached hydrogen (secondary N) is 1. The van der Waals surface area contributed by atoms with Crippen LogP contribution in [0.4, 0.5) is 0 Å². The van der Waals surface area contributed by atoms with Gasteiger partial charge in [0.2, 0.25) is 10.0 Å². The molecule has 0 aromatic heterocycles. The first-order valence-corrected chi connectivity index (χ1v) is 10.5. The van der Waals surface area contributed by atoms with Gasteiger partial charge in [-0.1, -0.05) is 22.0 Å². The molecule has 1 atom stereocenters. The lowest BCUT2D eigenvalue weighted by Gasteiger charge is -2.21. The lowest BCUT2D eigenvalue weighted by atomic mass is 10.1. The van der Waals surface area contributed by atoms with Crippen molar-refractivity contribution in [3.05, 3.63) is 46.4 Å². The summed E-state index contributed by atoms with van der Waals surface area (Å²) in [6.45, 7) is 4.96. The zero-order chi connectivity index (χ0) is 18.7. The van der Waals surface area contributed by atoms with E-state index in [1.165, 1.54) is 6.07 Å². The summed E-state index contributed by atoms with van der Waals surface area (Å²) in [6, 6.07) is 9.87. The van der Waals surface area contributed by atoms with Gasteiger partial charge in [0.05, 0.1) is 6.61 Å². The normalized spacial score (nSPS) is 14.7. The Labute approximate surface area is 161 Å². The second kappa shape index (κ2) is 7.85. The van der Waals surface area contributed by atoms with Crippen LogP contribution in [0.2, 0.25) is 0 Å². The number of rotatable bonds is 6. The molecule has 0 aliphatic carbocycles. The van der Waals surface area contributed by atoms with E-state index in [2.05, 4.69) is 20.7 Å². The van der Waals surface area contributed by atoms with Gasteiger partial charge in [-0.2, -0.15) is 0 Å². The lowest BCUT2D eigenvalue weighted by Crippen LogP contribution is -2.27. The fourth-order valence-corrected chi connectivity index (χ4v) is 4.58. The number of hydrogen-bond acceptors (Lipinski definition) is 5. The smallest absolute Gasteiger partial charge is 0.244 e. The number of benzene rings is 2. The third-order valence-corrected chi connectivity index (χ3v) is 5.95. The molecule has 2 aromatic carbocycles. The first-order valence-electron chi connectivity index (χ1n) is 8.25. The standard InChI is InChI=1S/C18H20BrNO5S/c1-3-23-16-7-5-14(19)11-18(16)26(21,22)20-12(2)13-4-6-15-17(10-13)25-9-8-24-15/h4-7,10-12,20H,3,8-9H2,1-2H3. The largest absolute Gasteiger partial charge is 0.492 e. The fraction of sp³-hybridized carbons (Fsp3) is 0.333. The van der Waals surface area contributed by atoms with Gasteiger partial charge in [-0.15, -0.1) is 0 Å². The fourth-order valence-electron chi connectivity index (χ4n) is 2.66. The van der Waals surface area contributed by atoms with Crippen molar-refractivity contribution in [2.45, 2.75) is 24.8 Å². The van der Waals surface area contributed by atoms with Crippen molar-refractivity contribution in [3.63, 3.8) is 0 Å². The summed E-state index contributed by atoms with van der Waals surface area (Å²) in [4.78, 5) is 0.0955. The molecule has 0 radical (unpaired) electrons. The Morgan fingerprint density at radius 1 is 1.15 bits per heavy atom. The molecule has 0 amide bonds. The van der Waals surface area contributed by atoms with Gasteiger partial charge in [0.15, 0.2) is 11.5 Å². The summed E-state index contributed by atoms with van der Waals surface area (Å²) in [5.74, 6) is 1.61. The van der Waals surface area contributed by atoms with Crippen molar-refractivity contribution in [2.24, 2.45) is 0 Å². The highest BCUT2D eigenvalue weighted by molar-refractivity contribution is 9.10. The number of halogens is 1. The predicted octanol–water partition coefficient (Wildman–Crippen LogP) is 3.66. The van der Waals surface area contributed by atoms with Crippen molar-refractivity contribution in [3.8, 4) is 17.2 Å². The molecule has 2 aromatic rings. The summed E-state index contributed by atoms with van der Waals surface area (Å²) in [5.41, 5.74) is 0.783. The van der Waals surface area contributed by atoms with Crippen molar-refractivity contribution in [1.29, 1.82) is 0 Å². The maximum absolute atomic E-state index is 12.9. The molecule has 1 N–H and O–H groups in total. The summed E-state index contributed by atoms with van der Waals surface area (Å²) < 4.78 is 45.7. The molecule has 1 aliphatic heterocycles. The minimum absolute atomic E-state index is 0.0955. The van der Waals surface area contributed by atoms with E-state index in [4.69, 9.17) is 14.2 Å². The van der Waals surface area contributed by atoms with Crippen LogP contribution in [0.25, 0.3) is 0 Å². The van der Waals surface area contributed by atoms with Gasteiger partial charge in [-0.05, 0) is 49.7 Å². The van der Waals surface area contributed by atoms with Crippen molar-refractivity contribution in [2.75, 3.05) is 19.8 Å². The SMILES string of the molecule is CCOc1ccc(Br)cc1S(=O)(=O)NC(C)c1ccc2c(c1)OCCO2. The van der Waals surface area contributed by atoms with E-state index in [1.54, 1.807) is 31.2 Å². The van der Waals surface area contributed by atoms with E-state index in [-0.39, 0.29) is 4.90 Å². The van der Waals surface area contributed by atoms with Crippen LogP contribution in [0.15, 0.2) is 45.8 Å². The summed E-state index contributed by atoms with van der Waals surface area (Å²) in [5, 5.41) is 0. The molecule has 1 unspecified atom stereocenters. The first-order chi connectivity index (χ1) is 12.4. The Balaban J connectivity index is 1.86. The van der Waals surface area contributed by atoms with E-state index in [0.717, 1.165) is 5.56 Å². The van der Waals surface area contributed by atoms with Crippen LogP contribution in [-0.2, 0) is 10.0 Å². The number of sulfonamides is 1. The minimum atomic E-state index is -3.78. The van der Waals surface area contributed by atoms with Crippen LogP contribution in [0.3, 0.4) is 0 Å². The van der Waals surface area contributed by atoms with Crippen LogP contribution in [0.1, 0.15) is 25.5 Å². The van der Waals surface area contributed by atoms with E-state index >= 15 is 0 Å². The van der Waals surface area contributed by atoms with Crippen LogP contribution >= 0.6 is 15.9 Å². The Morgan fingerprint density at radius 2 is 1.88 bits per heavy atom. The second-order valence-corrected chi connectivity index (χ2v) is 8.37. The quantitative estimate of drug-likeness (QED) is 0.740. The zero-order valence-corrected chi connectivity index (χ0v) is 16.9. The van der Waals surface area contributed by atoms with Crippen molar-refractivity contribution >= 4 is 26.0 Å². The highest BCUT2D eigenvalue weighted by Crippen LogP contribution is 2.34. The van der Waals surface area contributed by atoms with Gasteiger partial charge >= 0.3 is 0 Å². The zero-order valence-electron chi connectivity index (χ0n) is 14.5. The average Bonchev–Trinajstić information content (AvgIpc) is 2.62. The molecule has 8 heteroatoms. The molecule has 0 saturated heterocycles. The van der Waals surface area contributed by atoms with Gasteiger partial charge in [-0.25, -0.2) is 13.1 Å². The summed E-state index contributed by atoms with van der Waals surface area (Å²) in [7, 11) is -3.78.